The largest absolute Gasteiger partial charge is 0.497 e. The molecule has 0 bridgehead atoms. The van der Waals surface area contributed by atoms with E-state index >= 15 is 0 Å². The predicted molar refractivity (Wildman–Crippen MR) is 114 cm³/mol. The molecule has 2 aromatic carbocycles. The molecule has 1 aliphatic heterocycles. The van der Waals surface area contributed by atoms with Gasteiger partial charge in [-0.25, -0.2) is 0 Å². The van der Waals surface area contributed by atoms with E-state index in [1.54, 1.807) is 7.11 Å². The number of aromatic amines is 1. The van der Waals surface area contributed by atoms with E-state index < -0.39 is 0 Å². The maximum atomic E-state index is 13.0. The third kappa shape index (κ3) is 2.79. The lowest BCUT2D eigenvalue weighted by atomic mass is 10.0. The number of hydrogen-bond donors (Lipinski definition) is 1. The number of halogens is 1. The van der Waals surface area contributed by atoms with Gasteiger partial charge < -0.3 is 19.2 Å². The zero-order valence-electron chi connectivity index (χ0n) is 15.5. The van der Waals surface area contributed by atoms with Crippen molar-refractivity contribution in [3.63, 3.8) is 0 Å². The van der Waals surface area contributed by atoms with Crippen molar-refractivity contribution in [2.75, 3.05) is 13.7 Å². The van der Waals surface area contributed by atoms with Gasteiger partial charge in [-0.1, -0.05) is 12.1 Å². The van der Waals surface area contributed by atoms with Crippen molar-refractivity contribution in [3.05, 3.63) is 64.4 Å². The van der Waals surface area contributed by atoms with Crippen molar-refractivity contribution >= 4 is 43.6 Å². The second-order valence-electron chi connectivity index (χ2n) is 7.18. The number of H-pyrrole nitrogens is 1. The van der Waals surface area contributed by atoms with Crippen LogP contribution in [-0.2, 0) is 24.3 Å². The zero-order valence-corrected chi connectivity index (χ0v) is 17.1. The van der Waals surface area contributed by atoms with Crippen LogP contribution in [0.15, 0.2) is 53.1 Å². The summed E-state index contributed by atoms with van der Waals surface area (Å²) < 4.78 is 8.36. The lowest BCUT2D eigenvalue weighted by Gasteiger charge is -2.27. The van der Waals surface area contributed by atoms with E-state index in [4.69, 9.17) is 4.74 Å². The summed E-state index contributed by atoms with van der Waals surface area (Å²) in [4.78, 5) is 18.5. The summed E-state index contributed by atoms with van der Waals surface area (Å²) in [5.41, 5.74) is 4.64. The van der Waals surface area contributed by atoms with Gasteiger partial charge in [0, 0.05) is 57.7 Å². The van der Waals surface area contributed by atoms with Gasteiger partial charge in [0.25, 0.3) is 0 Å². The highest BCUT2D eigenvalue weighted by Crippen LogP contribution is 2.32. The summed E-state index contributed by atoms with van der Waals surface area (Å²) in [6, 6.07) is 14.2. The van der Waals surface area contributed by atoms with Crippen molar-refractivity contribution in [2.45, 2.75) is 19.5 Å². The lowest BCUT2D eigenvalue weighted by molar-refractivity contribution is -0.132. The molecule has 4 aromatic rings. The predicted octanol–water partition coefficient (Wildman–Crippen LogP) is 4.48. The summed E-state index contributed by atoms with van der Waals surface area (Å²) in [6.07, 6.45) is 2.83. The molecule has 0 fully saturated rings. The minimum absolute atomic E-state index is 0.142. The molecule has 0 aliphatic carbocycles. The summed E-state index contributed by atoms with van der Waals surface area (Å²) in [5.74, 6) is 0.967. The first-order valence-corrected chi connectivity index (χ1v) is 10.1. The molecule has 0 unspecified atom stereocenters. The molecule has 0 saturated heterocycles. The standard InChI is InChI=1S/C22H20BrN3O2/c1-28-15-5-6-20-14(11-15)7-9-25(20)13-21(27)26-10-8-19-17(12-26)16-3-2-4-18(23)22(16)24-19/h2-7,9,11,24H,8,10,12-13H2,1H3. The molecular weight excluding hydrogens is 418 g/mol. The Morgan fingerprint density at radius 3 is 3.00 bits per heavy atom. The van der Waals surface area contributed by atoms with Gasteiger partial charge in [-0.15, -0.1) is 0 Å². The number of amides is 1. The molecule has 0 spiro atoms. The normalized spacial score (nSPS) is 13.9. The number of rotatable bonds is 3. The van der Waals surface area contributed by atoms with Gasteiger partial charge >= 0.3 is 0 Å². The van der Waals surface area contributed by atoms with Crippen LogP contribution in [0.5, 0.6) is 5.75 Å². The number of benzene rings is 2. The van der Waals surface area contributed by atoms with Crippen molar-refractivity contribution in [2.24, 2.45) is 0 Å². The number of nitrogens with one attached hydrogen (secondary N) is 1. The maximum Gasteiger partial charge on any atom is 0.242 e. The van der Waals surface area contributed by atoms with E-state index in [9.17, 15) is 4.79 Å². The molecule has 1 amide bonds. The van der Waals surface area contributed by atoms with E-state index in [1.807, 2.05) is 52.1 Å². The van der Waals surface area contributed by atoms with Crippen LogP contribution in [0, 0.1) is 0 Å². The smallest absolute Gasteiger partial charge is 0.242 e. The van der Waals surface area contributed by atoms with Gasteiger partial charge in [0.2, 0.25) is 5.91 Å². The Morgan fingerprint density at radius 1 is 1.25 bits per heavy atom. The van der Waals surface area contributed by atoms with Crippen LogP contribution in [0.1, 0.15) is 11.3 Å². The fourth-order valence-electron chi connectivity index (χ4n) is 4.10. The summed E-state index contributed by atoms with van der Waals surface area (Å²) >= 11 is 3.62. The van der Waals surface area contributed by atoms with E-state index in [2.05, 4.69) is 27.0 Å². The second kappa shape index (κ2) is 6.71. The van der Waals surface area contributed by atoms with E-state index in [-0.39, 0.29) is 5.91 Å². The number of aromatic nitrogens is 2. The Bertz CT molecular complexity index is 1210. The van der Waals surface area contributed by atoms with Gasteiger partial charge in [-0.2, -0.15) is 0 Å². The quantitative estimate of drug-likeness (QED) is 0.513. The first-order valence-electron chi connectivity index (χ1n) is 9.32. The molecule has 2 aromatic heterocycles. The van der Waals surface area contributed by atoms with Gasteiger partial charge in [0.15, 0.2) is 0 Å². The van der Waals surface area contributed by atoms with Crippen LogP contribution in [-0.4, -0.2) is 34.0 Å². The van der Waals surface area contributed by atoms with Crippen LogP contribution >= 0.6 is 15.9 Å². The number of fused-ring (bicyclic) bond motifs is 4. The number of hydrogen-bond acceptors (Lipinski definition) is 2. The molecule has 5 rings (SSSR count). The molecule has 6 heteroatoms. The Labute approximate surface area is 171 Å². The summed E-state index contributed by atoms with van der Waals surface area (Å²) in [7, 11) is 1.66. The third-order valence-electron chi connectivity index (χ3n) is 5.60. The van der Waals surface area contributed by atoms with E-state index in [0.717, 1.165) is 39.6 Å². The van der Waals surface area contributed by atoms with E-state index in [0.29, 0.717) is 13.1 Å². The molecule has 5 nitrogen and oxygen atoms in total. The molecule has 1 aliphatic rings. The highest BCUT2D eigenvalue weighted by atomic mass is 79.9. The molecule has 28 heavy (non-hydrogen) atoms. The average molecular weight is 438 g/mol. The van der Waals surface area contributed by atoms with Crippen molar-refractivity contribution in [3.8, 4) is 5.75 Å². The Balaban J connectivity index is 1.40. The third-order valence-corrected chi connectivity index (χ3v) is 6.26. The Kier molecular flexibility index (Phi) is 4.16. The van der Waals surface area contributed by atoms with Crippen LogP contribution in [0.4, 0.5) is 0 Å². The minimum Gasteiger partial charge on any atom is -0.497 e. The number of carbonyl (C=O) groups is 1. The van der Waals surface area contributed by atoms with Gasteiger partial charge in [0.05, 0.1) is 12.6 Å². The highest BCUT2D eigenvalue weighted by molar-refractivity contribution is 9.10. The maximum absolute atomic E-state index is 13.0. The monoisotopic (exact) mass is 437 g/mol. The molecule has 142 valence electrons. The Morgan fingerprint density at radius 2 is 2.14 bits per heavy atom. The summed E-state index contributed by atoms with van der Waals surface area (Å²) in [6.45, 7) is 1.73. The lowest BCUT2D eigenvalue weighted by Crippen LogP contribution is -2.37. The number of methoxy groups -OCH3 is 1. The Hall–Kier alpha value is -2.73. The van der Waals surface area contributed by atoms with Gasteiger partial charge in [-0.05, 0) is 46.3 Å². The number of nitrogens with zero attached hydrogens (tertiary/aromatic N) is 2. The van der Waals surface area contributed by atoms with Crippen LogP contribution in [0.2, 0.25) is 0 Å². The van der Waals surface area contributed by atoms with Crippen LogP contribution in [0.3, 0.4) is 0 Å². The molecule has 0 saturated carbocycles. The fourth-order valence-corrected chi connectivity index (χ4v) is 4.57. The number of carbonyl (C=O) groups excluding carboxylic acids is 1. The summed E-state index contributed by atoms with van der Waals surface area (Å²) in [5, 5.41) is 2.27. The first-order chi connectivity index (χ1) is 13.6. The van der Waals surface area contributed by atoms with Crippen molar-refractivity contribution in [1.29, 1.82) is 0 Å². The van der Waals surface area contributed by atoms with Gasteiger partial charge in [-0.3, -0.25) is 4.79 Å². The zero-order chi connectivity index (χ0) is 19.3. The first kappa shape index (κ1) is 17.4. The number of para-hydroxylation sites is 1. The molecule has 0 atom stereocenters. The van der Waals surface area contributed by atoms with Crippen LogP contribution < -0.4 is 4.74 Å². The second-order valence-corrected chi connectivity index (χ2v) is 8.03. The molecule has 3 heterocycles. The molecule has 1 N–H and O–H groups in total. The topological polar surface area (TPSA) is 50.3 Å². The minimum atomic E-state index is 0.142. The molecular formula is C22H20BrN3O2. The molecule has 0 radical (unpaired) electrons. The SMILES string of the molecule is COc1ccc2c(ccn2CC(=O)N2CCc3[nH]c4c(Br)cccc4c3C2)c1. The number of ether oxygens (including phenoxy) is 1. The highest BCUT2D eigenvalue weighted by Gasteiger charge is 2.24. The van der Waals surface area contributed by atoms with Crippen molar-refractivity contribution in [1.82, 2.24) is 14.5 Å². The van der Waals surface area contributed by atoms with Crippen molar-refractivity contribution < 1.29 is 9.53 Å². The average Bonchev–Trinajstić information content (AvgIpc) is 3.29. The van der Waals surface area contributed by atoms with Gasteiger partial charge in [0.1, 0.15) is 12.3 Å². The van der Waals surface area contributed by atoms with Crippen LogP contribution in [0.25, 0.3) is 21.8 Å². The van der Waals surface area contributed by atoms with E-state index in [1.165, 1.54) is 16.6 Å². The fraction of sp³-hybridized carbons (Fsp3) is 0.227.